The molecule has 2 aromatic heterocycles. The Morgan fingerprint density at radius 3 is 3.17 bits per heavy atom. The topological polar surface area (TPSA) is 47.7 Å². The number of hydrogen-bond acceptors (Lipinski definition) is 5. The van der Waals surface area contributed by atoms with Gasteiger partial charge in [0.2, 0.25) is 5.88 Å². The van der Waals surface area contributed by atoms with Crippen LogP contribution in [-0.2, 0) is 11.3 Å². The smallest absolute Gasteiger partial charge is 0.250 e. The van der Waals surface area contributed by atoms with Gasteiger partial charge in [0.1, 0.15) is 5.76 Å². The maximum atomic E-state index is 13.8. The van der Waals surface area contributed by atoms with Crippen molar-refractivity contribution in [2.75, 3.05) is 26.3 Å². The molecule has 0 aliphatic carbocycles. The largest absolute Gasteiger partial charge is 0.475 e. The van der Waals surface area contributed by atoms with Crippen LogP contribution < -0.4 is 4.74 Å². The highest BCUT2D eigenvalue weighted by molar-refractivity contribution is 5.13. The highest BCUT2D eigenvalue weighted by Crippen LogP contribution is 2.41. The maximum Gasteiger partial charge on any atom is 0.250 e. The summed E-state index contributed by atoms with van der Waals surface area (Å²) < 4.78 is 30.9. The molecule has 0 bridgehead atoms. The van der Waals surface area contributed by atoms with E-state index in [0.717, 1.165) is 44.8 Å². The Morgan fingerprint density at radius 2 is 2.33 bits per heavy atom. The number of rotatable bonds is 5. The molecule has 0 aromatic carbocycles. The molecule has 0 saturated carbocycles. The van der Waals surface area contributed by atoms with Crippen molar-refractivity contribution >= 4 is 0 Å². The van der Waals surface area contributed by atoms with Crippen LogP contribution in [0.15, 0.2) is 41.1 Å². The molecular formula is C18H21FN2O3. The summed E-state index contributed by atoms with van der Waals surface area (Å²) in [5, 5.41) is 0. The van der Waals surface area contributed by atoms with Gasteiger partial charge < -0.3 is 13.9 Å². The number of piperidine rings is 1. The van der Waals surface area contributed by atoms with Gasteiger partial charge in [0.05, 0.1) is 25.5 Å². The van der Waals surface area contributed by atoms with Gasteiger partial charge in [-0.05, 0) is 37.1 Å². The van der Waals surface area contributed by atoms with Crippen molar-refractivity contribution in [3.05, 3.63) is 48.3 Å². The summed E-state index contributed by atoms with van der Waals surface area (Å²) in [6, 6.07) is 6.83. The summed E-state index contributed by atoms with van der Waals surface area (Å²) in [7, 11) is 0. The van der Waals surface area contributed by atoms with Crippen molar-refractivity contribution in [1.82, 2.24) is 9.88 Å². The summed E-state index contributed by atoms with van der Waals surface area (Å²) in [6.45, 7) is 3.74. The van der Waals surface area contributed by atoms with Gasteiger partial charge >= 0.3 is 0 Å². The molecule has 2 aliphatic heterocycles. The number of nitrogens with zero attached hydrogens (tertiary/aromatic N) is 2. The standard InChI is InChI=1S/C18H21FN2O3/c19-15-4-1-7-20-17(15)24-13-18-6-10-23-16(18)5-8-21(12-18)11-14-3-2-9-22-14/h1-4,7,9,16H,5-6,8,10-13H2/t16-,18+/m0/s1. The molecular weight excluding hydrogens is 311 g/mol. The van der Waals surface area contributed by atoms with Gasteiger partial charge in [-0.25, -0.2) is 9.37 Å². The average Bonchev–Trinajstić information content (AvgIpc) is 3.23. The first-order chi connectivity index (χ1) is 11.8. The van der Waals surface area contributed by atoms with Gasteiger partial charge in [-0.15, -0.1) is 0 Å². The molecule has 2 atom stereocenters. The quantitative estimate of drug-likeness (QED) is 0.842. The molecule has 128 valence electrons. The minimum absolute atomic E-state index is 0.0701. The zero-order chi connectivity index (χ0) is 16.4. The first-order valence-corrected chi connectivity index (χ1v) is 8.35. The van der Waals surface area contributed by atoms with Gasteiger partial charge in [-0.3, -0.25) is 4.90 Å². The summed E-state index contributed by atoms with van der Waals surface area (Å²) in [4.78, 5) is 6.35. The SMILES string of the molecule is Fc1cccnc1OC[C@]12CCO[C@H]1CCN(Cc1ccco1)C2. The molecule has 2 saturated heterocycles. The number of ether oxygens (including phenoxy) is 2. The van der Waals surface area contributed by atoms with Crippen molar-refractivity contribution in [3.63, 3.8) is 0 Å². The van der Waals surface area contributed by atoms with Crippen LogP contribution in [-0.4, -0.2) is 42.3 Å². The molecule has 2 fully saturated rings. The van der Waals surface area contributed by atoms with E-state index in [1.54, 1.807) is 18.5 Å². The Balaban J connectivity index is 1.46. The van der Waals surface area contributed by atoms with E-state index in [1.165, 1.54) is 6.07 Å². The second kappa shape index (κ2) is 6.53. The number of aromatic nitrogens is 1. The van der Waals surface area contributed by atoms with Gasteiger partial charge in [-0.1, -0.05) is 0 Å². The van der Waals surface area contributed by atoms with E-state index < -0.39 is 5.82 Å². The fourth-order valence-corrected chi connectivity index (χ4v) is 3.79. The van der Waals surface area contributed by atoms with Gasteiger partial charge in [0, 0.05) is 31.3 Å². The Bertz CT molecular complexity index is 679. The molecule has 4 rings (SSSR count). The summed E-state index contributed by atoms with van der Waals surface area (Å²) in [6.07, 6.45) is 5.28. The van der Waals surface area contributed by atoms with Gasteiger partial charge in [0.25, 0.3) is 0 Å². The van der Waals surface area contributed by atoms with E-state index in [9.17, 15) is 4.39 Å². The fourth-order valence-electron chi connectivity index (χ4n) is 3.79. The van der Waals surface area contributed by atoms with Crippen molar-refractivity contribution in [2.45, 2.75) is 25.5 Å². The number of hydrogen-bond donors (Lipinski definition) is 0. The van der Waals surface area contributed by atoms with Crippen LogP contribution in [0.1, 0.15) is 18.6 Å². The predicted molar refractivity (Wildman–Crippen MR) is 85.1 cm³/mol. The molecule has 2 aromatic rings. The lowest BCUT2D eigenvalue weighted by Crippen LogP contribution is -2.52. The number of likely N-dealkylation sites (tertiary alicyclic amines) is 1. The second-order valence-electron chi connectivity index (χ2n) is 6.63. The molecule has 6 heteroatoms. The second-order valence-corrected chi connectivity index (χ2v) is 6.63. The lowest BCUT2D eigenvalue weighted by Gasteiger charge is -2.43. The van der Waals surface area contributed by atoms with E-state index in [1.807, 2.05) is 12.1 Å². The fraction of sp³-hybridized carbons (Fsp3) is 0.500. The highest BCUT2D eigenvalue weighted by Gasteiger charge is 2.48. The van der Waals surface area contributed by atoms with Gasteiger partial charge in [0.15, 0.2) is 5.82 Å². The molecule has 24 heavy (non-hydrogen) atoms. The normalized spacial score (nSPS) is 27.1. The van der Waals surface area contributed by atoms with E-state index in [4.69, 9.17) is 13.9 Å². The summed E-state index contributed by atoms with van der Waals surface area (Å²) >= 11 is 0. The Hall–Kier alpha value is -1.92. The maximum absolute atomic E-state index is 13.8. The van der Waals surface area contributed by atoms with Crippen LogP contribution in [0, 0.1) is 11.2 Å². The monoisotopic (exact) mass is 332 g/mol. The van der Waals surface area contributed by atoms with Crippen LogP contribution in [0.25, 0.3) is 0 Å². The lowest BCUT2D eigenvalue weighted by atomic mass is 9.77. The number of furan rings is 1. The van der Waals surface area contributed by atoms with Crippen molar-refractivity contribution in [2.24, 2.45) is 5.41 Å². The first kappa shape index (κ1) is 15.6. The minimum atomic E-state index is -0.424. The van der Waals surface area contributed by atoms with Crippen molar-refractivity contribution in [1.29, 1.82) is 0 Å². The minimum Gasteiger partial charge on any atom is -0.475 e. The first-order valence-electron chi connectivity index (χ1n) is 8.35. The van der Waals surface area contributed by atoms with Crippen LogP contribution in [0.5, 0.6) is 5.88 Å². The Kier molecular flexibility index (Phi) is 4.24. The third kappa shape index (κ3) is 3.03. The molecule has 2 aliphatic rings. The van der Waals surface area contributed by atoms with Crippen LogP contribution in [0.2, 0.25) is 0 Å². The van der Waals surface area contributed by atoms with Gasteiger partial charge in [-0.2, -0.15) is 0 Å². The van der Waals surface area contributed by atoms with Crippen LogP contribution in [0.4, 0.5) is 4.39 Å². The van der Waals surface area contributed by atoms with Crippen LogP contribution in [0.3, 0.4) is 0 Å². The lowest BCUT2D eigenvalue weighted by molar-refractivity contribution is -0.0438. The van der Waals surface area contributed by atoms with E-state index in [0.29, 0.717) is 6.61 Å². The number of fused-ring (bicyclic) bond motifs is 1. The zero-order valence-corrected chi connectivity index (χ0v) is 13.5. The van der Waals surface area contributed by atoms with Crippen molar-refractivity contribution in [3.8, 4) is 5.88 Å². The molecule has 0 amide bonds. The van der Waals surface area contributed by atoms with E-state index >= 15 is 0 Å². The average molecular weight is 332 g/mol. The predicted octanol–water partition coefficient (Wildman–Crippen LogP) is 2.87. The number of pyridine rings is 1. The molecule has 0 spiro atoms. The summed E-state index contributed by atoms with van der Waals surface area (Å²) in [5.41, 5.74) is -0.116. The third-order valence-electron chi connectivity index (χ3n) is 5.03. The van der Waals surface area contributed by atoms with Crippen molar-refractivity contribution < 1.29 is 18.3 Å². The molecule has 5 nitrogen and oxygen atoms in total. The number of halogens is 1. The Labute approximate surface area is 140 Å². The zero-order valence-electron chi connectivity index (χ0n) is 13.5. The van der Waals surface area contributed by atoms with E-state index in [2.05, 4.69) is 9.88 Å². The molecule has 0 N–H and O–H groups in total. The highest BCUT2D eigenvalue weighted by atomic mass is 19.1. The van der Waals surface area contributed by atoms with Crippen LogP contribution >= 0.6 is 0 Å². The molecule has 4 heterocycles. The summed E-state index contributed by atoms with van der Waals surface area (Å²) in [5.74, 6) is 0.604. The Morgan fingerprint density at radius 1 is 1.38 bits per heavy atom. The third-order valence-corrected chi connectivity index (χ3v) is 5.03. The molecule has 0 radical (unpaired) electrons. The molecule has 0 unspecified atom stereocenters. The van der Waals surface area contributed by atoms with E-state index in [-0.39, 0.29) is 17.4 Å².